The molecule has 0 aliphatic rings. The first-order valence-corrected chi connectivity index (χ1v) is 9.94. The van der Waals surface area contributed by atoms with Crippen LogP contribution in [-0.2, 0) is 21.6 Å². The summed E-state index contributed by atoms with van der Waals surface area (Å²) in [6.45, 7) is 6.95. The van der Waals surface area contributed by atoms with Gasteiger partial charge in [0.1, 0.15) is 11.6 Å². The van der Waals surface area contributed by atoms with Crippen LogP contribution in [0.5, 0.6) is 0 Å². The molecular weight excluding hydrogens is 369 g/mol. The van der Waals surface area contributed by atoms with E-state index in [0.29, 0.717) is 22.3 Å². The minimum Gasteiger partial charge on any atom is -0.496 e. The zero-order chi connectivity index (χ0) is 20.4. The number of aromatic nitrogens is 1. The lowest BCUT2D eigenvalue weighted by Gasteiger charge is -2.16. The fraction of sp³-hybridized carbons (Fsp3) is 0.250. The van der Waals surface area contributed by atoms with Crippen LogP contribution in [0.4, 0.5) is 4.39 Å². The second-order valence-electron chi connectivity index (χ2n) is 5.93. The molecule has 0 spiro atoms. The van der Waals surface area contributed by atoms with Crippen LogP contribution in [0.3, 0.4) is 0 Å². The highest BCUT2D eigenvalue weighted by atomic mass is 32.2. The number of pyridine rings is 1. The van der Waals surface area contributed by atoms with Crippen LogP contribution in [0.2, 0.25) is 0 Å². The molecule has 0 unspecified atom stereocenters. The maximum atomic E-state index is 13.7. The zero-order valence-corrected chi connectivity index (χ0v) is 16.6. The minimum absolute atomic E-state index is 0.0690. The highest BCUT2D eigenvalue weighted by molar-refractivity contribution is 7.95. The molecule has 0 saturated carbocycles. The SMILES string of the molecule is C=C(/C=C(\C(=C/C)OC)c1cn(C)c(=O)c2cc(F)ccc12)S(=O)(=O)CC. The summed E-state index contributed by atoms with van der Waals surface area (Å²) in [5, 5.41) is 0.681. The normalized spacial score (nSPS) is 13.1. The van der Waals surface area contributed by atoms with Crippen LogP contribution in [0.15, 0.2) is 58.6 Å². The van der Waals surface area contributed by atoms with Gasteiger partial charge in [0.25, 0.3) is 5.56 Å². The number of nitrogens with zero attached hydrogens (tertiary/aromatic N) is 1. The number of benzene rings is 1. The van der Waals surface area contributed by atoms with E-state index in [0.717, 1.165) is 0 Å². The molecule has 1 aromatic carbocycles. The molecule has 0 bridgehead atoms. The van der Waals surface area contributed by atoms with Gasteiger partial charge >= 0.3 is 0 Å². The fourth-order valence-electron chi connectivity index (χ4n) is 2.76. The van der Waals surface area contributed by atoms with E-state index in [-0.39, 0.29) is 21.6 Å². The molecule has 5 nitrogen and oxygen atoms in total. The molecule has 0 aliphatic carbocycles. The van der Waals surface area contributed by atoms with Crippen molar-refractivity contribution in [2.24, 2.45) is 7.05 Å². The molecule has 27 heavy (non-hydrogen) atoms. The maximum Gasteiger partial charge on any atom is 0.258 e. The van der Waals surface area contributed by atoms with Crippen molar-refractivity contribution >= 4 is 26.2 Å². The second kappa shape index (κ2) is 7.92. The minimum atomic E-state index is -3.51. The molecule has 2 aromatic rings. The third-order valence-corrected chi connectivity index (χ3v) is 5.94. The van der Waals surface area contributed by atoms with Gasteiger partial charge in [-0.15, -0.1) is 0 Å². The predicted octanol–water partition coefficient (Wildman–Crippen LogP) is 3.56. The summed E-state index contributed by atoms with van der Waals surface area (Å²) >= 11 is 0. The van der Waals surface area contributed by atoms with Gasteiger partial charge in [0.15, 0.2) is 9.84 Å². The van der Waals surface area contributed by atoms with Crippen LogP contribution >= 0.6 is 0 Å². The summed E-state index contributed by atoms with van der Waals surface area (Å²) in [5.74, 6) is -0.211. The van der Waals surface area contributed by atoms with E-state index < -0.39 is 15.7 Å². The van der Waals surface area contributed by atoms with Crippen molar-refractivity contribution < 1.29 is 17.5 Å². The highest BCUT2D eigenvalue weighted by Crippen LogP contribution is 2.31. The summed E-state index contributed by atoms with van der Waals surface area (Å²) < 4.78 is 44.8. The van der Waals surface area contributed by atoms with Gasteiger partial charge < -0.3 is 9.30 Å². The van der Waals surface area contributed by atoms with Crippen LogP contribution in [0, 0.1) is 5.82 Å². The Morgan fingerprint density at radius 3 is 2.56 bits per heavy atom. The van der Waals surface area contributed by atoms with Gasteiger partial charge in [-0.1, -0.05) is 19.6 Å². The Hall–Kier alpha value is -2.67. The molecule has 1 heterocycles. The number of ether oxygens (including phenoxy) is 1. The van der Waals surface area contributed by atoms with E-state index in [4.69, 9.17) is 4.74 Å². The van der Waals surface area contributed by atoms with Gasteiger partial charge in [0.05, 0.1) is 23.2 Å². The first-order chi connectivity index (χ1) is 12.7. The standard InChI is InChI=1S/C20H22FNO4S/c1-6-19(26-5)16(10-13(3)27(24,25)7-2)18-12-22(4)20(23)17-11-14(21)8-9-15(17)18/h6,8-12H,3,7H2,1-2,4-5H3/b16-10-,19-6+. The summed E-state index contributed by atoms with van der Waals surface area (Å²) in [5.41, 5.74) is 0.621. The Morgan fingerprint density at radius 2 is 2.00 bits per heavy atom. The lowest BCUT2D eigenvalue weighted by Crippen LogP contribution is -2.18. The molecule has 0 radical (unpaired) electrons. The van der Waals surface area contributed by atoms with E-state index >= 15 is 0 Å². The van der Waals surface area contributed by atoms with E-state index in [9.17, 15) is 17.6 Å². The number of halogens is 1. The molecule has 0 N–H and O–H groups in total. The number of hydrogen-bond donors (Lipinski definition) is 0. The molecule has 0 amide bonds. The van der Waals surface area contributed by atoms with Crippen molar-refractivity contribution in [3.8, 4) is 0 Å². The van der Waals surface area contributed by atoms with Gasteiger partial charge in [-0.2, -0.15) is 0 Å². The van der Waals surface area contributed by atoms with E-state index in [1.165, 1.54) is 42.9 Å². The zero-order valence-electron chi connectivity index (χ0n) is 15.7. The average Bonchev–Trinajstić information content (AvgIpc) is 2.64. The largest absolute Gasteiger partial charge is 0.496 e. The Balaban J connectivity index is 2.92. The fourth-order valence-corrected chi connectivity index (χ4v) is 3.42. The van der Waals surface area contributed by atoms with Crippen molar-refractivity contribution in [2.45, 2.75) is 13.8 Å². The first-order valence-electron chi connectivity index (χ1n) is 8.29. The highest BCUT2D eigenvalue weighted by Gasteiger charge is 2.18. The van der Waals surface area contributed by atoms with E-state index in [1.54, 1.807) is 26.2 Å². The number of methoxy groups -OCH3 is 1. The van der Waals surface area contributed by atoms with E-state index in [2.05, 4.69) is 6.58 Å². The van der Waals surface area contributed by atoms with Gasteiger partial charge in [-0.25, -0.2) is 12.8 Å². The quantitative estimate of drug-likeness (QED) is 0.558. The molecule has 0 saturated heterocycles. The van der Waals surface area contributed by atoms with Gasteiger partial charge in [-0.05, 0) is 36.6 Å². The third-order valence-electron chi connectivity index (χ3n) is 4.27. The molecule has 1 aromatic heterocycles. The molecule has 144 valence electrons. The molecule has 2 rings (SSSR count). The average molecular weight is 391 g/mol. The summed E-state index contributed by atoms with van der Waals surface area (Å²) in [7, 11) is -0.500. The Morgan fingerprint density at radius 1 is 1.33 bits per heavy atom. The van der Waals surface area contributed by atoms with Crippen molar-refractivity contribution in [1.29, 1.82) is 0 Å². The lowest BCUT2D eigenvalue weighted by molar-refractivity contribution is 0.310. The van der Waals surface area contributed by atoms with Gasteiger partial charge in [0, 0.05) is 24.4 Å². The van der Waals surface area contributed by atoms with Crippen molar-refractivity contribution in [3.05, 3.63) is 75.5 Å². The molecule has 7 heteroatoms. The maximum absolute atomic E-state index is 13.7. The van der Waals surface area contributed by atoms with Gasteiger partial charge in [0.2, 0.25) is 0 Å². The number of sulfone groups is 1. The Bertz CT molecular complexity index is 1120. The number of fused-ring (bicyclic) bond motifs is 1. The Labute approximate surface area is 158 Å². The van der Waals surface area contributed by atoms with Crippen LogP contribution in [0.1, 0.15) is 19.4 Å². The Kier molecular flexibility index (Phi) is 6.05. The number of allylic oxidation sites excluding steroid dienone is 3. The van der Waals surface area contributed by atoms with Gasteiger partial charge in [-0.3, -0.25) is 4.79 Å². The summed E-state index contributed by atoms with van der Waals surface area (Å²) in [6, 6.07) is 3.91. The third kappa shape index (κ3) is 4.03. The molecule has 0 atom stereocenters. The monoisotopic (exact) mass is 391 g/mol. The summed E-state index contributed by atoms with van der Waals surface area (Å²) in [6.07, 6.45) is 4.67. The predicted molar refractivity (Wildman–Crippen MR) is 106 cm³/mol. The van der Waals surface area contributed by atoms with Crippen LogP contribution in [-0.4, -0.2) is 25.8 Å². The summed E-state index contributed by atoms with van der Waals surface area (Å²) in [4.78, 5) is 12.3. The van der Waals surface area contributed by atoms with E-state index in [1.807, 2.05) is 0 Å². The molecule has 0 fully saturated rings. The van der Waals surface area contributed by atoms with Crippen LogP contribution < -0.4 is 5.56 Å². The topological polar surface area (TPSA) is 65.4 Å². The van der Waals surface area contributed by atoms with Crippen LogP contribution in [0.25, 0.3) is 16.3 Å². The smallest absolute Gasteiger partial charge is 0.258 e. The lowest BCUT2D eigenvalue weighted by atomic mass is 9.98. The number of aryl methyl sites for hydroxylation is 1. The molecular formula is C20H22FNO4S. The number of hydrogen-bond acceptors (Lipinski definition) is 4. The van der Waals surface area contributed by atoms with Crippen molar-refractivity contribution in [1.82, 2.24) is 4.57 Å². The first kappa shape index (κ1) is 20.6. The molecule has 0 aliphatic heterocycles. The van der Waals surface area contributed by atoms with Crippen molar-refractivity contribution in [3.63, 3.8) is 0 Å². The second-order valence-corrected chi connectivity index (χ2v) is 8.26. The number of rotatable bonds is 6. The van der Waals surface area contributed by atoms with Crippen molar-refractivity contribution in [2.75, 3.05) is 12.9 Å².